The normalized spacial score (nSPS) is 42.0. The molecule has 0 aromatic rings. The molecule has 7 atom stereocenters. The van der Waals surface area contributed by atoms with E-state index < -0.39 is 6.67 Å². The van der Waals surface area contributed by atoms with E-state index in [-0.39, 0.29) is 0 Å². The third-order valence-electron chi connectivity index (χ3n) is 11.7. The van der Waals surface area contributed by atoms with Gasteiger partial charge < -0.3 is 5.41 Å². The summed E-state index contributed by atoms with van der Waals surface area (Å²) in [5.41, 5.74) is 3.45. The van der Waals surface area contributed by atoms with Gasteiger partial charge in [-0.15, -0.1) is 0 Å². The average Bonchev–Trinajstić information content (AvgIpc) is 2.96. The summed E-state index contributed by atoms with van der Waals surface area (Å²) in [6.07, 6.45) is 21.7. The van der Waals surface area contributed by atoms with E-state index in [4.69, 9.17) is 5.41 Å². The second kappa shape index (κ2) is 10.2. The molecular formula is C32H52FN. The Labute approximate surface area is 210 Å². The minimum atomic E-state index is -0.522. The van der Waals surface area contributed by atoms with Crippen LogP contribution in [0.15, 0.2) is 23.8 Å². The number of hydrogen-bond acceptors (Lipinski definition) is 1. The van der Waals surface area contributed by atoms with Crippen LogP contribution in [-0.2, 0) is 0 Å². The lowest BCUT2D eigenvalue weighted by molar-refractivity contribution is -0.151. The zero-order valence-corrected chi connectivity index (χ0v) is 22.7. The van der Waals surface area contributed by atoms with E-state index >= 15 is 0 Å². The lowest BCUT2D eigenvalue weighted by atomic mass is 9.40. The minimum Gasteiger partial charge on any atom is -0.308 e. The molecule has 4 rings (SSSR count). The number of unbranched alkanes of at least 4 members (excludes halogenated alkanes) is 1. The lowest BCUT2D eigenvalue weighted by Gasteiger charge is -2.65. The van der Waals surface area contributed by atoms with Crippen molar-refractivity contribution in [1.82, 2.24) is 0 Å². The fourth-order valence-electron chi connectivity index (χ4n) is 9.68. The summed E-state index contributed by atoms with van der Waals surface area (Å²) in [7, 11) is 0. The van der Waals surface area contributed by atoms with Crippen molar-refractivity contribution in [2.45, 2.75) is 118 Å². The summed E-state index contributed by atoms with van der Waals surface area (Å²) in [5, 5.41) is 7.30. The zero-order chi connectivity index (χ0) is 24.6. The van der Waals surface area contributed by atoms with Gasteiger partial charge in [0.1, 0.15) is 6.67 Å². The van der Waals surface area contributed by atoms with Crippen LogP contribution in [0.3, 0.4) is 0 Å². The highest BCUT2D eigenvalue weighted by molar-refractivity contribution is 5.75. The molecular weight excluding hydrogens is 417 g/mol. The van der Waals surface area contributed by atoms with Gasteiger partial charge in [0.25, 0.3) is 0 Å². The standard InChI is InChI=1S/C32H52FN/c1-23(9-6-7-10-24(21-33)22-34)27-11-8-12-29-31(27,4)20-16-28-26-15-18-30(2,3)17-13-25(26)14-19-32(28,29)5/h10,22,25-29,34H,1,6-9,11-21H2,2-5H3/b24-10-,34-22?. The average molecular weight is 470 g/mol. The van der Waals surface area contributed by atoms with E-state index in [1.54, 1.807) is 0 Å². The molecule has 0 amide bonds. The predicted octanol–water partition coefficient (Wildman–Crippen LogP) is 9.72. The van der Waals surface area contributed by atoms with Gasteiger partial charge in [-0.05, 0) is 135 Å². The highest BCUT2D eigenvalue weighted by atomic mass is 19.1. The molecule has 0 heterocycles. The van der Waals surface area contributed by atoms with Gasteiger partial charge in [-0.1, -0.05) is 52.3 Å². The Morgan fingerprint density at radius 2 is 1.65 bits per heavy atom. The summed E-state index contributed by atoms with van der Waals surface area (Å²) in [5.74, 6) is 4.40. The molecule has 4 fully saturated rings. The molecule has 0 radical (unpaired) electrons. The number of halogens is 1. The Morgan fingerprint density at radius 1 is 0.941 bits per heavy atom. The maximum Gasteiger partial charge on any atom is 0.116 e. The molecule has 4 saturated carbocycles. The number of hydrogen-bond donors (Lipinski definition) is 1. The summed E-state index contributed by atoms with van der Waals surface area (Å²) in [6.45, 7) is 14.5. The molecule has 1 N–H and O–H groups in total. The summed E-state index contributed by atoms with van der Waals surface area (Å²) in [6, 6.07) is 0. The number of rotatable bonds is 7. The van der Waals surface area contributed by atoms with Crippen molar-refractivity contribution in [2.75, 3.05) is 6.67 Å². The Bertz CT molecular complexity index is 780. The maximum atomic E-state index is 12.9. The molecule has 0 aliphatic heterocycles. The Balaban J connectivity index is 1.47. The first-order valence-electron chi connectivity index (χ1n) is 14.6. The molecule has 1 nitrogen and oxygen atoms in total. The zero-order valence-electron chi connectivity index (χ0n) is 22.7. The van der Waals surface area contributed by atoms with E-state index in [0.717, 1.165) is 49.1 Å². The van der Waals surface area contributed by atoms with Crippen molar-refractivity contribution >= 4 is 6.21 Å². The predicted molar refractivity (Wildman–Crippen MR) is 144 cm³/mol. The quantitative estimate of drug-likeness (QED) is 0.218. The first kappa shape index (κ1) is 26.2. The SMILES string of the molecule is C=C(CCC/C=C(\C=N)CF)C1CCCC2C1(C)CCC1C3CCC(C)(C)CCC3CCC12C. The Hall–Kier alpha value is -0.920. The Kier molecular flexibility index (Phi) is 7.86. The molecule has 2 heteroatoms. The fourth-order valence-corrected chi connectivity index (χ4v) is 9.68. The van der Waals surface area contributed by atoms with Gasteiger partial charge in [0, 0.05) is 6.21 Å². The van der Waals surface area contributed by atoms with E-state index in [1.165, 1.54) is 76.2 Å². The van der Waals surface area contributed by atoms with Gasteiger partial charge in [0.05, 0.1) is 0 Å². The smallest absolute Gasteiger partial charge is 0.116 e. The molecule has 192 valence electrons. The number of allylic oxidation sites excluding steroid dienone is 3. The van der Waals surface area contributed by atoms with Crippen molar-refractivity contribution in [1.29, 1.82) is 5.41 Å². The monoisotopic (exact) mass is 469 g/mol. The van der Waals surface area contributed by atoms with Crippen LogP contribution in [0.4, 0.5) is 4.39 Å². The van der Waals surface area contributed by atoms with Crippen molar-refractivity contribution in [3.05, 3.63) is 23.8 Å². The highest BCUT2D eigenvalue weighted by Gasteiger charge is 2.60. The van der Waals surface area contributed by atoms with Crippen LogP contribution >= 0.6 is 0 Å². The van der Waals surface area contributed by atoms with Gasteiger partial charge >= 0.3 is 0 Å². The number of alkyl halides is 1. The lowest BCUT2D eigenvalue weighted by Crippen LogP contribution is -2.57. The first-order valence-corrected chi connectivity index (χ1v) is 14.6. The van der Waals surface area contributed by atoms with Crippen LogP contribution in [0.1, 0.15) is 118 Å². The molecule has 7 unspecified atom stereocenters. The van der Waals surface area contributed by atoms with Crippen LogP contribution in [-0.4, -0.2) is 12.9 Å². The molecule has 0 saturated heterocycles. The van der Waals surface area contributed by atoms with E-state index in [9.17, 15) is 4.39 Å². The summed E-state index contributed by atoms with van der Waals surface area (Å²) < 4.78 is 12.9. The largest absolute Gasteiger partial charge is 0.308 e. The van der Waals surface area contributed by atoms with Gasteiger partial charge in [-0.3, -0.25) is 0 Å². The molecule has 4 aliphatic rings. The topological polar surface area (TPSA) is 23.9 Å². The van der Waals surface area contributed by atoms with Crippen LogP contribution in [0.2, 0.25) is 0 Å². The fraction of sp³-hybridized carbons (Fsp3) is 0.844. The molecule has 0 aromatic heterocycles. The summed E-state index contributed by atoms with van der Waals surface area (Å²) >= 11 is 0. The van der Waals surface area contributed by atoms with Gasteiger partial charge in [0.2, 0.25) is 0 Å². The molecule has 0 spiro atoms. The van der Waals surface area contributed by atoms with E-state index in [2.05, 4.69) is 34.3 Å². The van der Waals surface area contributed by atoms with E-state index in [1.807, 2.05) is 6.08 Å². The first-order chi connectivity index (χ1) is 16.1. The minimum absolute atomic E-state index is 0.409. The van der Waals surface area contributed by atoms with Crippen LogP contribution in [0, 0.1) is 51.2 Å². The van der Waals surface area contributed by atoms with Crippen molar-refractivity contribution < 1.29 is 4.39 Å². The highest BCUT2D eigenvalue weighted by Crippen LogP contribution is 2.69. The van der Waals surface area contributed by atoms with Gasteiger partial charge in [-0.2, -0.15) is 0 Å². The van der Waals surface area contributed by atoms with Gasteiger partial charge in [-0.25, -0.2) is 4.39 Å². The van der Waals surface area contributed by atoms with E-state index in [0.29, 0.717) is 27.7 Å². The maximum absolute atomic E-state index is 12.9. The van der Waals surface area contributed by atoms with Crippen LogP contribution in [0.25, 0.3) is 0 Å². The molecule has 4 aliphatic carbocycles. The Morgan fingerprint density at radius 3 is 2.38 bits per heavy atom. The third kappa shape index (κ3) is 4.86. The van der Waals surface area contributed by atoms with Crippen LogP contribution in [0.5, 0.6) is 0 Å². The van der Waals surface area contributed by atoms with Crippen molar-refractivity contribution in [2.24, 2.45) is 45.8 Å². The number of fused-ring (bicyclic) bond motifs is 5. The molecule has 34 heavy (non-hydrogen) atoms. The van der Waals surface area contributed by atoms with Gasteiger partial charge in [0.15, 0.2) is 0 Å². The van der Waals surface area contributed by atoms with Crippen LogP contribution < -0.4 is 0 Å². The second-order valence-electron chi connectivity index (χ2n) is 14.0. The summed E-state index contributed by atoms with van der Waals surface area (Å²) in [4.78, 5) is 0. The van der Waals surface area contributed by atoms with Crippen molar-refractivity contribution in [3.8, 4) is 0 Å². The molecule has 0 bridgehead atoms. The molecule has 0 aromatic carbocycles. The second-order valence-corrected chi connectivity index (χ2v) is 14.0. The third-order valence-corrected chi connectivity index (χ3v) is 11.7. The number of nitrogens with one attached hydrogen (secondary N) is 1. The van der Waals surface area contributed by atoms with Crippen molar-refractivity contribution in [3.63, 3.8) is 0 Å².